The number of nitrogens with zero attached hydrogens (tertiary/aromatic N) is 3. The number of carboxylic acid groups (broad SMARTS) is 1. The van der Waals surface area contributed by atoms with Gasteiger partial charge in [0, 0.05) is 13.0 Å². The Balaban J connectivity index is 2.14. The van der Waals surface area contributed by atoms with Crippen LogP contribution in [0.3, 0.4) is 0 Å². The highest BCUT2D eigenvalue weighted by Crippen LogP contribution is 2.50. The molecule has 18 heavy (non-hydrogen) atoms. The van der Waals surface area contributed by atoms with Crippen LogP contribution in [0, 0.1) is 5.41 Å². The fraction of sp³-hybridized carbons (Fsp3) is 0.750. The lowest BCUT2D eigenvalue weighted by Gasteiger charge is -2.16. The first kappa shape index (κ1) is 13.4. The Kier molecular flexibility index (Phi) is 3.94. The molecule has 2 rings (SSSR count). The maximum absolute atomic E-state index is 10.6. The van der Waals surface area contributed by atoms with Gasteiger partial charge in [-0.2, -0.15) is 0 Å². The summed E-state index contributed by atoms with van der Waals surface area (Å²) in [6, 6.07) is 0. The fourth-order valence-electron chi connectivity index (χ4n) is 2.11. The summed E-state index contributed by atoms with van der Waals surface area (Å²) in [5.74, 6) is 0.188. The van der Waals surface area contributed by atoms with Gasteiger partial charge in [0.2, 0.25) is 0 Å². The Labute approximate surface area is 111 Å². The lowest BCUT2D eigenvalue weighted by molar-refractivity contribution is -0.133. The van der Waals surface area contributed by atoms with Crippen LogP contribution in [0.5, 0.6) is 0 Å². The summed E-state index contributed by atoms with van der Waals surface area (Å²) in [7, 11) is 0. The van der Waals surface area contributed by atoms with Crippen LogP contribution in [0.2, 0.25) is 0 Å². The second-order valence-electron chi connectivity index (χ2n) is 4.87. The zero-order valence-corrected chi connectivity index (χ0v) is 11.7. The molecule has 0 amide bonds. The molecule has 0 saturated heterocycles. The molecule has 1 aromatic heterocycles. The number of aromatic nitrogens is 3. The van der Waals surface area contributed by atoms with E-state index in [0.717, 1.165) is 30.4 Å². The van der Waals surface area contributed by atoms with E-state index in [2.05, 4.69) is 28.6 Å². The molecule has 1 N–H and O–H groups in total. The topological polar surface area (TPSA) is 68.0 Å². The third kappa shape index (κ3) is 2.85. The molecule has 1 aromatic rings. The molecule has 0 bridgehead atoms. The minimum absolute atomic E-state index is 0.0426. The molecule has 0 atom stereocenters. The number of hydrogen-bond donors (Lipinski definition) is 1. The minimum atomic E-state index is -0.816. The molecule has 1 aliphatic carbocycles. The van der Waals surface area contributed by atoms with Gasteiger partial charge in [-0.3, -0.25) is 4.79 Å². The Hall–Kier alpha value is -1.04. The highest BCUT2D eigenvalue weighted by molar-refractivity contribution is 7.99. The standard InChI is InChI=1S/C12H19N3O2S/c1-3-9-13-14-11(18-7-10(16)17)15(9)8-12(4-2)5-6-12/h3-8H2,1-2H3,(H,16,17). The van der Waals surface area contributed by atoms with Crippen molar-refractivity contribution < 1.29 is 9.90 Å². The summed E-state index contributed by atoms with van der Waals surface area (Å²) in [5.41, 5.74) is 0.408. The van der Waals surface area contributed by atoms with Crippen LogP contribution in [-0.2, 0) is 17.8 Å². The predicted octanol–water partition coefficient (Wildman–Crippen LogP) is 2.21. The molecule has 5 nitrogen and oxygen atoms in total. The van der Waals surface area contributed by atoms with Crippen LogP contribution < -0.4 is 0 Å². The first-order chi connectivity index (χ1) is 8.60. The number of hydrogen-bond acceptors (Lipinski definition) is 4. The summed E-state index contributed by atoms with van der Waals surface area (Å²) in [5, 5.41) is 17.8. The summed E-state index contributed by atoms with van der Waals surface area (Å²) in [4.78, 5) is 10.6. The van der Waals surface area contributed by atoms with Gasteiger partial charge in [-0.1, -0.05) is 25.6 Å². The van der Waals surface area contributed by atoms with Crippen molar-refractivity contribution in [1.29, 1.82) is 0 Å². The van der Waals surface area contributed by atoms with E-state index in [0.29, 0.717) is 5.41 Å². The van der Waals surface area contributed by atoms with E-state index in [1.54, 1.807) is 0 Å². The lowest BCUT2D eigenvalue weighted by Crippen LogP contribution is -2.14. The molecule has 100 valence electrons. The molecule has 1 aliphatic rings. The molecule has 1 heterocycles. The third-order valence-corrected chi connectivity index (χ3v) is 4.59. The number of carboxylic acids is 1. The highest BCUT2D eigenvalue weighted by Gasteiger charge is 2.41. The normalized spacial score (nSPS) is 16.8. The number of carbonyl (C=O) groups is 1. The zero-order chi connectivity index (χ0) is 13.2. The van der Waals surface area contributed by atoms with Crippen molar-refractivity contribution >= 4 is 17.7 Å². The van der Waals surface area contributed by atoms with Gasteiger partial charge in [-0.15, -0.1) is 10.2 Å². The van der Waals surface area contributed by atoms with Crippen LogP contribution in [0.4, 0.5) is 0 Å². The minimum Gasteiger partial charge on any atom is -0.481 e. The average molecular weight is 269 g/mol. The molecule has 1 fully saturated rings. The SMILES string of the molecule is CCc1nnc(SCC(=O)O)n1CC1(CC)CC1. The van der Waals surface area contributed by atoms with Crippen LogP contribution in [0.25, 0.3) is 0 Å². The van der Waals surface area contributed by atoms with E-state index in [9.17, 15) is 4.79 Å². The zero-order valence-electron chi connectivity index (χ0n) is 10.8. The Morgan fingerprint density at radius 3 is 2.67 bits per heavy atom. The number of aryl methyl sites for hydroxylation is 1. The molecule has 0 aromatic carbocycles. The molecule has 0 unspecified atom stereocenters. The molecular formula is C12H19N3O2S. The van der Waals surface area contributed by atoms with Gasteiger partial charge < -0.3 is 9.67 Å². The second-order valence-corrected chi connectivity index (χ2v) is 5.82. The van der Waals surface area contributed by atoms with E-state index in [4.69, 9.17) is 5.11 Å². The van der Waals surface area contributed by atoms with Crippen molar-refractivity contribution in [3.63, 3.8) is 0 Å². The molecule has 0 spiro atoms. The van der Waals surface area contributed by atoms with Crippen molar-refractivity contribution in [2.24, 2.45) is 5.41 Å². The first-order valence-electron chi connectivity index (χ1n) is 6.37. The molecule has 6 heteroatoms. The van der Waals surface area contributed by atoms with Crippen molar-refractivity contribution in [3.8, 4) is 0 Å². The van der Waals surface area contributed by atoms with Gasteiger partial charge >= 0.3 is 5.97 Å². The van der Waals surface area contributed by atoms with Gasteiger partial charge in [0.25, 0.3) is 0 Å². The van der Waals surface area contributed by atoms with Crippen molar-refractivity contribution in [1.82, 2.24) is 14.8 Å². The smallest absolute Gasteiger partial charge is 0.313 e. The Morgan fingerprint density at radius 1 is 1.44 bits per heavy atom. The summed E-state index contributed by atoms with van der Waals surface area (Å²) in [6.45, 7) is 5.20. The maximum atomic E-state index is 10.6. The Bertz CT molecular complexity index is 441. The van der Waals surface area contributed by atoms with E-state index in [1.807, 2.05) is 0 Å². The van der Waals surface area contributed by atoms with Crippen molar-refractivity contribution in [3.05, 3.63) is 5.82 Å². The van der Waals surface area contributed by atoms with E-state index in [-0.39, 0.29) is 5.75 Å². The largest absolute Gasteiger partial charge is 0.481 e. The van der Waals surface area contributed by atoms with E-state index in [1.165, 1.54) is 24.6 Å². The van der Waals surface area contributed by atoms with Crippen molar-refractivity contribution in [2.45, 2.75) is 51.2 Å². The summed E-state index contributed by atoms with van der Waals surface area (Å²) < 4.78 is 2.12. The van der Waals surface area contributed by atoms with E-state index < -0.39 is 5.97 Å². The molecule has 0 radical (unpaired) electrons. The molecular weight excluding hydrogens is 250 g/mol. The Morgan fingerprint density at radius 2 is 2.17 bits per heavy atom. The number of thioether (sulfide) groups is 1. The number of rotatable bonds is 7. The van der Waals surface area contributed by atoms with Gasteiger partial charge in [0.1, 0.15) is 5.82 Å². The van der Waals surface area contributed by atoms with Gasteiger partial charge in [-0.25, -0.2) is 0 Å². The third-order valence-electron chi connectivity index (χ3n) is 3.64. The molecule has 1 saturated carbocycles. The monoisotopic (exact) mass is 269 g/mol. The van der Waals surface area contributed by atoms with Crippen LogP contribution in [0.15, 0.2) is 5.16 Å². The maximum Gasteiger partial charge on any atom is 0.313 e. The summed E-state index contributed by atoms with van der Waals surface area (Å²) in [6.07, 6.45) is 4.51. The van der Waals surface area contributed by atoms with Gasteiger partial charge in [-0.05, 0) is 24.7 Å². The second kappa shape index (κ2) is 5.30. The lowest BCUT2D eigenvalue weighted by atomic mass is 10.0. The quantitative estimate of drug-likeness (QED) is 0.769. The summed E-state index contributed by atoms with van der Waals surface area (Å²) >= 11 is 1.26. The van der Waals surface area contributed by atoms with Crippen LogP contribution in [-0.4, -0.2) is 31.6 Å². The first-order valence-corrected chi connectivity index (χ1v) is 7.35. The van der Waals surface area contributed by atoms with Gasteiger partial charge in [0.05, 0.1) is 5.75 Å². The predicted molar refractivity (Wildman–Crippen MR) is 69.7 cm³/mol. The number of aliphatic carboxylic acids is 1. The van der Waals surface area contributed by atoms with Crippen LogP contribution in [0.1, 0.15) is 38.9 Å². The fourth-order valence-corrected chi connectivity index (χ4v) is 2.78. The molecule has 0 aliphatic heterocycles. The van der Waals surface area contributed by atoms with Gasteiger partial charge in [0.15, 0.2) is 5.16 Å². The van der Waals surface area contributed by atoms with Crippen LogP contribution >= 0.6 is 11.8 Å². The van der Waals surface area contributed by atoms with Crippen molar-refractivity contribution in [2.75, 3.05) is 5.75 Å². The van der Waals surface area contributed by atoms with E-state index >= 15 is 0 Å². The highest BCUT2D eigenvalue weighted by atomic mass is 32.2. The average Bonchev–Trinajstić information content (AvgIpc) is 3.02.